The number of amides is 2. The van der Waals surface area contributed by atoms with Gasteiger partial charge < -0.3 is 4.90 Å². The molecule has 1 aliphatic heterocycles. The van der Waals surface area contributed by atoms with Gasteiger partial charge in [-0.05, 0) is 6.26 Å². The summed E-state index contributed by atoms with van der Waals surface area (Å²) < 4.78 is 1.39. The summed E-state index contributed by atoms with van der Waals surface area (Å²) in [5.41, 5.74) is 0. The number of rotatable bonds is 2. The average molecular weight is 255 g/mol. The maximum absolute atomic E-state index is 11.7. The highest BCUT2D eigenvalue weighted by molar-refractivity contribution is 7.99. The Morgan fingerprint density at radius 1 is 1.53 bits per heavy atom. The molecule has 0 bridgehead atoms. The molecule has 0 spiro atoms. The molecule has 2 heterocycles. The van der Waals surface area contributed by atoms with E-state index in [-0.39, 0.29) is 5.95 Å². The third kappa shape index (κ3) is 2.41. The molecule has 0 radical (unpaired) electrons. The average Bonchev–Trinajstić information content (AvgIpc) is 2.62. The molecule has 0 aromatic carbocycles. The molecule has 1 aromatic heterocycles. The molecule has 1 fully saturated rings. The molecule has 8 heteroatoms. The minimum absolute atomic E-state index is 0.269. The monoisotopic (exact) mass is 255 g/mol. The Bertz CT molecular complexity index is 440. The first kappa shape index (κ1) is 11.9. The van der Waals surface area contributed by atoms with Gasteiger partial charge in [-0.2, -0.15) is 21.8 Å². The molecule has 1 aromatic rings. The first-order chi connectivity index (χ1) is 8.11. The second-order valence-electron chi connectivity index (χ2n) is 3.73. The SMILES string of the molecule is CSC1CN(C(=O)C(=O)Nc2ncnn2C)C1. The topological polar surface area (TPSA) is 80.1 Å². The van der Waals surface area contributed by atoms with Crippen LogP contribution in [0.4, 0.5) is 5.95 Å². The zero-order valence-corrected chi connectivity index (χ0v) is 10.4. The van der Waals surface area contributed by atoms with E-state index in [2.05, 4.69) is 15.4 Å². The molecule has 92 valence electrons. The van der Waals surface area contributed by atoms with Crippen molar-refractivity contribution in [1.82, 2.24) is 19.7 Å². The first-order valence-corrected chi connectivity index (χ1v) is 6.37. The Hall–Kier alpha value is -1.57. The molecule has 1 saturated heterocycles. The van der Waals surface area contributed by atoms with Crippen LogP contribution in [0.1, 0.15) is 0 Å². The highest BCUT2D eigenvalue weighted by Gasteiger charge is 2.33. The Kier molecular flexibility index (Phi) is 3.32. The van der Waals surface area contributed by atoms with E-state index in [0.29, 0.717) is 18.3 Å². The van der Waals surface area contributed by atoms with Crippen LogP contribution in [0.5, 0.6) is 0 Å². The summed E-state index contributed by atoms with van der Waals surface area (Å²) >= 11 is 1.70. The highest BCUT2D eigenvalue weighted by atomic mass is 32.2. The van der Waals surface area contributed by atoms with E-state index in [1.165, 1.54) is 15.9 Å². The number of thioether (sulfide) groups is 1. The zero-order chi connectivity index (χ0) is 12.4. The summed E-state index contributed by atoms with van der Waals surface area (Å²) in [5.74, 6) is -0.913. The standard InChI is InChI=1S/C9H13N5O2S/c1-13-9(10-5-11-13)12-7(15)8(16)14-3-6(4-14)17-2/h5-6H,3-4H2,1-2H3,(H,10,11,12,15). The van der Waals surface area contributed by atoms with E-state index in [9.17, 15) is 9.59 Å². The number of carbonyl (C=O) groups excluding carboxylic acids is 2. The zero-order valence-electron chi connectivity index (χ0n) is 9.58. The number of aryl methyl sites for hydroxylation is 1. The van der Waals surface area contributed by atoms with E-state index >= 15 is 0 Å². The largest absolute Gasteiger partial charge is 0.332 e. The molecule has 2 amide bonds. The lowest BCUT2D eigenvalue weighted by Crippen LogP contribution is -2.55. The molecule has 0 saturated carbocycles. The summed E-state index contributed by atoms with van der Waals surface area (Å²) in [7, 11) is 1.64. The summed E-state index contributed by atoms with van der Waals surface area (Å²) in [6.45, 7) is 1.26. The van der Waals surface area contributed by atoms with Crippen molar-refractivity contribution in [1.29, 1.82) is 0 Å². The number of aromatic nitrogens is 3. The van der Waals surface area contributed by atoms with Crippen molar-refractivity contribution >= 4 is 29.5 Å². The van der Waals surface area contributed by atoms with Gasteiger partial charge in [0.05, 0.1) is 0 Å². The summed E-state index contributed by atoms with van der Waals surface area (Å²) in [6.07, 6.45) is 3.31. The van der Waals surface area contributed by atoms with Crippen LogP contribution >= 0.6 is 11.8 Å². The molecule has 0 aliphatic carbocycles. The molecule has 2 rings (SSSR count). The lowest BCUT2D eigenvalue weighted by Gasteiger charge is -2.37. The Morgan fingerprint density at radius 2 is 2.24 bits per heavy atom. The van der Waals surface area contributed by atoms with E-state index in [1.807, 2.05) is 6.26 Å². The Morgan fingerprint density at radius 3 is 2.76 bits per heavy atom. The van der Waals surface area contributed by atoms with Crippen molar-refractivity contribution in [3.63, 3.8) is 0 Å². The number of anilines is 1. The van der Waals surface area contributed by atoms with Crippen LogP contribution in [0.2, 0.25) is 0 Å². The fourth-order valence-corrected chi connectivity index (χ4v) is 2.12. The summed E-state index contributed by atoms with van der Waals surface area (Å²) in [5, 5.41) is 6.67. The van der Waals surface area contributed by atoms with Crippen molar-refractivity contribution < 1.29 is 9.59 Å². The highest BCUT2D eigenvalue weighted by Crippen LogP contribution is 2.19. The second kappa shape index (κ2) is 4.74. The van der Waals surface area contributed by atoms with Crippen molar-refractivity contribution in [2.24, 2.45) is 7.05 Å². The molecule has 1 N–H and O–H groups in total. The van der Waals surface area contributed by atoms with Gasteiger partial charge >= 0.3 is 11.8 Å². The predicted octanol–water partition coefficient (Wildman–Crippen LogP) is -0.673. The van der Waals surface area contributed by atoms with Gasteiger partial charge in [-0.3, -0.25) is 14.9 Å². The summed E-state index contributed by atoms with van der Waals surface area (Å²) in [6, 6.07) is 0. The minimum atomic E-state index is -0.666. The van der Waals surface area contributed by atoms with Crippen molar-refractivity contribution in [2.45, 2.75) is 5.25 Å². The third-order valence-electron chi connectivity index (χ3n) is 2.60. The molecular weight excluding hydrogens is 242 g/mol. The lowest BCUT2D eigenvalue weighted by atomic mass is 10.2. The van der Waals surface area contributed by atoms with E-state index in [0.717, 1.165) is 0 Å². The summed E-state index contributed by atoms with van der Waals surface area (Å²) in [4.78, 5) is 28.6. The van der Waals surface area contributed by atoms with Crippen LogP contribution in [0.25, 0.3) is 0 Å². The van der Waals surface area contributed by atoms with E-state index in [4.69, 9.17) is 0 Å². The second-order valence-corrected chi connectivity index (χ2v) is 4.87. The quantitative estimate of drug-likeness (QED) is 0.709. The molecule has 17 heavy (non-hydrogen) atoms. The number of nitrogens with one attached hydrogen (secondary N) is 1. The first-order valence-electron chi connectivity index (χ1n) is 5.09. The van der Waals surface area contributed by atoms with Crippen molar-refractivity contribution in [2.75, 3.05) is 24.7 Å². The lowest BCUT2D eigenvalue weighted by molar-refractivity contribution is -0.145. The maximum atomic E-state index is 11.7. The number of hydrogen-bond acceptors (Lipinski definition) is 5. The van der Waals surface area contributed by atoms with Crippen molar-refractivity contribution in [3.8, 4) is 0 Å². The number of likely N-dealkylation sites (tertiary alicyclic amines) is 1. The Balaban J connectivity index is 1.89. The van der Waals surface area contributed by atoms with E-state index in [1.54, 1.807) is 18.8 Å². The van der Waals surface area contributed by atoms with Crippen LogP contribution in [-0.4, -0.2) is 56.1 Å². The van der Waals surface area contributed by atoms with Gasteiger partial charge in [-0.25, -0.2) is 4.68 Å². The normalized spacial score (nSPS) is 15.5. The molecular formula is C9H13N5O2S. The number of nitrogens with zero attached hydrogens (tertiary/aromatic N) is 4. The maximum Gasteiger partial charge on any atom is 0.316 e. The molecule has 1 aliphatic rings. The van der Waals surface area contributed by atoms with Gasteiger partial charge in [0.2, 0.25) is 5.95 Å². The van der Waals surface area contributed by atoms with Crippen LogP contribution in [-0.2, 0) is 16.6 Å². The fraction of sp³-hybridized carbons (Fsp3) is 0.556. The van der Waals surface area contributed by atoms with Gasteiger partial charge in [0.1, 0.15) is 6.33 Å². The van der Waals surface area contributed by atoms with Gasteiger partial charge in [0.25, 0.3) is 0 Å². The number of hydrogen-bond donors (Lipinski definition) is 1. The van der Waals surface area contributed by atoms with Crippen LogP contribution in [0.3, 0.4) is 0 Å². The Labute approximate surface area is 103 Å². The van der Waals surface area contributed by atoms with Crippen LogP contribution in [0.15, 0.2) is 6.33 Å². The van der Waals surface area contributed by atoms with Gasteiger partial charge in [0.15, 0.2) is 0 Å². The molecule has 0 atom stereocenters. The van der Waals surface area contributed by atoms with Crippen LogP contribution < -0.4 is 5.32 Å². The molecule has 7 nitrogen and oxygen atoms in total. The number of carbonyl (C=O) groups is 2. The van der Waals surface area contributed by atoms with Gasteiger partial charge in [-0.15, -0.1) is 0 Å². The van der Waals surface area contributed by atoms with Crippen LogP contribution in [0, 0.1) is 0 Å². The smallest absolute Gasteiger partial charge is 0.316 e. The molecule has 0 unspecified atom stereocenters. The van der Waals surface area contributed by atoms with E-state index < -0.39 is 11.8 Å². The minimum Gasteiger partial charge on any atom is -0.332 e. The third-order valence-corrected chi connectivity index (χ3v) is 3.56. The predicted molar refractivity (Wildman–Crippen MR) is 63.5 cm³/mol. The fourth-order valence-electron chi connectivity index (χ4n) is 1.46. The van der Waals surface area contributed by atoms with Gasteiger partial charge in [-0.1, -0.05) is 0 Å². The van der Waals surface area contributed by atoms with Gasteiger partial charge in [0, 0.05) is 25.4 Å². The van der Waals surface area contributed by atoms with Crippen molar-refractivity contribution in [3.05, 3.63) is 6.33 Å².